The zero-order chi connectivity index (χ0) is 13.6. The van der Waals surface area contributed by atoms with Crippen LogP contribution < -0.4 is 15.4 Å². The maximum Gasteiger partial charge on any atom is 0.240 e. The molecule has 0 atom stereocenters. The molecule has 0 radical (unpaired) electrons. The quantitative estimate of drug-likeness (QED) is 0.659. The monoisotopic (exact) mass is 282 g/mol. The van der Waals surface area contributed by atoms with E-state index in [4.69, 9.17) is 0 Å². The first kappa shape index (κ1) is 13.8. The van der Waals surface area contributed by atoms with Crippen LogP contribution in [0.2, 0.25) is 0 Å². The summed E-state index contributed by atoms with van der Waals surface area (Å²) < 4.78 is 26.3. The van der Waals surface area contributed by atoms with E-state index in [0.29, 0.717) is 13.1 Å². The van der Waals surface area contributed by atoms with Gasteiger partial charge in [0.15, 0.2) is 5.96 Å². The van der Waals surface area contributed by atoms with Crippen molar-refractivity contribution in [2.75, 3.05) is 26.2 Å². The third-order valence-electron chi connectivity index (χ3n) is 2.66. The Morgan fingerprint density at radius 3 is 2.68 bits per heavy atom. The van der Waals surface area contributed by atoms with Crippen molar-refractivity contribution in [3.05, 3.63) is 30.3 Å². The van der Waals surface area contributed by atoms with Gasteiger partial charge in [0.25, 0.3) is 0 Å². The number of benzene rings is 1. The van der Waals surface area contributed by atoms with Crippen LogP contribution in [0.25, 0.3) is 0 Å². The smallest absolute Gasteiger partial charge is 0.240 e. The largest absolute Gasteiger partial charge is 0.356 e. The predicted molar refractivity (Wildman–Crippen MR) is 74.6 cm³/mol. The minimum absolute atomic E-state index is 0.281. The van der Waals surface area contributed by atoms with Crippen LogP contribution in [0.15, 0.2) is 40.2 Å². The predicted octanol–water partition coefficient (Wildman–Crippen LogP) is -0.0962. The summed E-state index contributed by atoms with van der Waals surface area (Å²) >= 11 is 0. The molecule has 0 amide bonds. The van der Waals surface area contributed by atoms with Crippen molar-refractivity contribution in [1.29, 1.82) is 0 Å². The second kappa shape index (κ2) is 6.53. The standard InChI is InChI=1S/C12H18N4O2S/c17-19(18,11-5-2-1-3-6-11)16-10-9-15-12-13-7-4-8-14-12/h1-3,5-6,16H,4,7-10H2,(H2,13,14,15). The van der Waals surface area contributed by atoms with Crippen LogP contribution >= 0.6 is 0 Å². The Morgan fingerprint density at radius 1 is 1.21 bits per heavy atom. The van der Waals surface area contributed by atoms with Crippen LogP contribution in [0, 0.1) is 0 Å². The van der Waals surface area contributed by atoms with E-state index >= 15 is 0 Å². The van der Waals surface area contributed by atoms with Gasteiger partial charge in [-0.05, 0) is 18.6 Å². The van der Waals surface area contributed by atoms with Gasteiger partial charge in [0.2, 0.25) is 10.0 Å². The van der Waals surface area contributed by atoms with Crippen LogP contribution in [0.1, 0.15) is 6.42 Å². The summed E-state index contributed by atoms with van der Waals surface area (Å²) in [6, 6.07) is 8.33. The first-order valence-corrected chi connectivity index (χ1v) is 7.74. The highest BCUT2D eigenvalue weighted by Crippen LogP contribution is 2.06. The van der Waals surface area contributed by atoms with Crippen LogP contribution in [-0.4, -0.2) is 40.6 Å². The number of nitrogens with one attached hydrogen (secondary N) is 3. The fraction of sp³-hybridized carbons (Fsp3) is 0.417. The van der Waals surface area contributed by atoms with Crippen LogP contribution in [0.3, 0.4) is 0 Å². The maximum atomic E-state index is 11.9. The number of rotatable bonds is 5. The average Bonchev–Trinajstić information content (AvgIpc) is 2.46. The van der Waals surface area contributed by atoms with Gasteiger partial charge in [0, 0.05) is 26.2 Å². The number of hydrogen-bond donors (Lipinski definition) is 3. The molecule has 0 saturated carbocycles. The highest BCUT2D eigenvalue weighted by atomic mass is 32.2. The lowest BCUT2D eigenvalue weighted by Gasteiger charge is -2.16. The molecule has 7 heteroatoms. The summed E-state index contributed by atoms with van der Waals surface area (Å²) in [5.41, 5.74) is 0. The maximum absolute atomic E-state index is 11.9. The van der Waals surface area contributed by atoms with Crippen LogP contribution in [0.4, 0.5) is 0 Å². The van der Waals surface area contributed by atoms with Crippen molar-refractivity contribution in [1.82, 2.24) is 15.4 Å². The first-order chi connectivity index (χ1) is 9.18. The van der Waals surface area contributed by atoms with E-state index in [1.807, 2.05) is 0 Å². The Bertz CT molecular complexity index is 528. The van der Waals surface area contributed by atoms with Gasteiger partial charge >= 0.3 is 0 Å². The number of aliphatic imine (C=N–C) groups is 1. The van der Waals surface area contributed by atoms with E-state index in [1.54, 1.807) is 30.3 Å². The highest BCUT2D eigenvalue weighted by molar-refractivity contribution is 7.89. The lowest BCUT2D eigenvalue weighted by atomic mass is 10.4. The van der Waals surface area contributed by atoms with Gasteiger partial charge in [0.1, 0.15) is 0 Å². The summed E-state index contributed by atoms with van der Waals surface area (Å²) in [4.78, 5) is 4.52. The molecular weight excluding hydrogens is 264 g/mol. The molecular formula is C12H18N4O2S. The van der Waals surface area contributed by atoms with Crippen molar-refractivity contribution in [2.45, 2.75) is 11.3 Å². The summed E-state index contributed by atoms with van der Waals surface area (Å²) in [6.07, 6.45) is 1.03. The summed E-state index contributed by atoms with van der Waals surface area (Å²) in [5.74, 6) is 0.741. The van der Waals surface area contributed by atoms with E-state index < -0.39 is 10.0 Å². The van der Waals surface area contributed by atoms with E-state index in [-0.39, 0.29) is 4.90 Å². The normalized spacial score (nSPS) is 15.5. The van der Waals surface area contributed by atoms with Crippen molar-refractivity contribution < 1.29 is 8.42 Å². The Hall–Kier alpha value is -1.60. The molecule has 1 heterocycles. The fourth-order valence-corrected chi connectivity index (χ4v) is 2.75. The molecule has 1 aromatic carbocycles. The summed E-state index contributed by atoms with van der Waals surface area (Å²) in [5, 5.41) is 6.17. The molecule has 1 aromatic rings. The van der Waals surface area contributed by atoms with Gasteiger partial charge in [-0.15, -0.1) is 0 Å². The van der Waals surface area contributed by atoms with Crippen molar-refractivity contribution in [3.63, 3.8) is 0 Å². The molecule has 6 nitrogen and oxygen atoms in total. The lowest BCUT2D eigenvalue weighted by molar-refractivity contribution is 0.580. The number of sulfonamides is 1. The average molecular weight is 282 g/mol. The van der Waals surface area contributed by atoms with Gasteiger partial charge < -0.3 is 10.6 Å². The van der Waals surface area contributed by atoms with E-state index in [0.717, 1.165) is 25.5 Å². The third kappa shape index (κ3) is 4.22. The van der Waals surface area contributed by atoms with Gasteiger partial charge in [-0.25, -0.2) is 13.1 Å². The number of hydrogen-bond acceptors (Lipinski definition) is 5. The molecule has 104 valence electrons. The number of nitrogens with zero attached hydrogens (tertiary/aromatic N) is 1. The second-order valence-electron chi connectivity index (χ2n) is 4.15. The molecule has 0 bridgehead atoms. The van der Waals surface area contributed by atoms with E-state index in [1.165, 1.54) is 0 Å². The summed E-state index contributed by atoms with van der Waals surface area (Å²) in [7, 11) is -3.41. The molecule has 0 spiro atoms. The highest BCUT2D eigenvalue weighted by Gasteiger charge is 2.12. The zero-order valence-electron chi connectivity index (χ0n) is 10.6. The Labute approximate surface area is 113 Å². The van der Waals surface area contributed by atoms with Crippen molar-refractivity contribution in [3.8, 4) is 0 Å². The Balaban J connectivity index is 1.78. The fourth-order valence-electron chi connectivity index (χ4n) is 1.70. The molecule has 2 rings (SSSR count). The second-order valence-corrected chi connectivity index (χ2v) is 5.92. The summed E-state index contributed by atoms with van der Waals surface area (Å²) in [6.45, 7) is 2.53. The minimum Gasteiger partial charge on any atom is -0.356 e. The molecule has 3 N–H and O–H groups in total. The van der Waals surface area contributed by atoms with E-state index in [2.05, 4.69) is 20.3 Å². The van der Waals surface area contributed by atoms with Gasteiger partial charge in [-0.1, -0.05) is 18.2 Å². The first-order valence-electron chi connectivity index (χ1n) is 6.25. The van der Waals surface area contributed by atoms with Crippen LogP contribution in [0.5, 0.6) is 0 Å². The number of guanidine groups is 1. The third-order valence-corrected chi connectivity index (χ3v) is 4.14. The van der Waals surface area contributed by atoms with Crippen molar-refractivity contribution in [2.24, 2.45) is 4.99 Å². The molecule has 1 aliphatic heterocycles. The molecule has 0 aromatic heterocycles. The minimum atomic E-state index is -3.41. The molecule has 0 saturated heterocycles. The van der Waals surface area contributed by atoms with Gasteiger partial charge in [-0.3, -0.25) is 4.99 Å². The molecule has 19 heavy (non-hydrogen) atoms. The molecule has 1 aliphatic rings. The van der Waals surface area contributed by atoms with Gasteiger partial charge in [0.05, 0.1) is 4.90 Å². The van der Waals surface area contributed by atoms with Crippen LogP contribution in [-0.2, 0) is 10.0 Å². The zero-order valence-corrected chi connectivity index (χ0v) is 11.4. The SMILES string of the molecule is O=S(=O)(NCCNC1=NCCCN1)c1ccccc1. The van der Waals surface area contributed by atoms with Gasteiger partial charge in [-0.2, -0.15) is 0 Å². The molecule has 0 aliphatic carbocycles. The topological polar surface area (TPSA) is 82.6 Å². The van der Waals surface area contributed by atoms with Crippen molar-refractivity contribution >= 4 is 16.0 Å². The lowest BCUT2D eigenvalue weighted by Crippen LogP contribution is -2.43. The Kier molecular flexibility index (Phi) is 4.75. The Morgan fingerprint density at radius 2 is 2.00 bits per heavy atom. The molecule has 0 unspecified atom stereocenters. The van der Waals surface area contributed by atoms with E-state index in [9.17, 15) is 8.42 Å². The molecule has 0 fully saturated rings.